The van der Waals surface area contributed by atoms with E-state index in [0.717, 1.165) is 6.07 Å². The number of amides is 1. The lowest BCUT2D eigenvalue weighted by atomic mass is 10.1. The van der Waals surface area contributed by atoms with Gasteiger partial charge in [-0.3, -0.25) is 4.79 Å². The summed E-state index contributed by atoms with van der Waals surface area (Å²) in [4.78, 5) is 16.8. The molecule has 0 fully saturated rings. The highest BCUT2D eigenvalue weighted by Gasteiger charge is 2.35. The Balaban J connectivity index is 1.74. The Bertz CT molecular complexity index is 1340. The molecule has 2 aromatic carbocycles. The largest absolute Gasteiger partial charge is 0.497 e. The predicted molar refractivity (Wildman–Crippen MR) is 109 cm³/mol. The van der Waals surface area contributed by atoms with Crippen LogP contribution in [0.4, 0.5) is 18.9 Å². The van der Waals surface area contributed by atoms with E-state index in [2.05, 4.69) is 15.4 Å². The number of ether oxygens (including phenoxy) is 1. The lowest BCUT2D eigenvalue weighted by Gasteiger charge is -2.11. The molecule has 0 saturated carbocycles. The van der Waals surface area contributed by atoms with Crippen LogP contribution >= 0.6 is 0 Å². The van der Waals surface area contributed by atoms with Crippen LogP contribution in [0, 0.1) is 11.3 Å². The summed E-state index contributed by atoms with van der Waals surface area (Å²) >= 11 is 0. The highest BCUT2D eigenvalue weighted by molar-refractivity contribution is 6.03. The van der Waals surface area contributed by atoms with Crippen molar-refractivity contribution in [1.82, 2.24) is 14.6 Å². The lowest BCUT2D eigenvalue weighted by molar-refractivity contribution is -0.142. The third kappa shape index (κ3) is 4.09. The van der Waals surface area contributed by atoms with E-state index in [1.807, 2.05) is 6.07 Å². The van der Waals surface area contributed by atoms with E-state index in [4.69, 9.17) is 10.00 Å². The summed E-state index contributed by atoms with van der Waals surface area (Å²) in [5, 5.41) is 15.2. The van der Waals surface area contributed by atoms with Crippen LogP contribution in [0.3, 0.4) is 0 Å². The number of nitriles is 1. The summed E-state index contributed by atoms with van der Waals surface area (Å²) in [6.45, 7) is 0. The number of methoxy groups -OCH3 is 1. The summed E-state index contributed by atoms with van der Waals surface area (Å²) in [7, 11) is 1.48. The Hall–Kier alpha value is -4.39. The lowest BCUT2D eigenvalue weighted by Crippen LogP contribution is -2.15. The average Bonchev–Trinajstić information content (AvgIpc) is 3.22. The molecule has 0 bridgehead atoms. The van der Waals surface area contributed by atoms with Crippen LogP contribution in [0.5, 0.6) is 5.75 Å². The Kier molecular flexibility index (Phi) is 5.24. The minimum atomic E-state index is -4.73. The number of nitrogens with one attached hydrogen (secondary N) is 1. The van der Waals surface area contributed by atoms with Gasteiger partial charge in [-0.05, 0) is 54.6 Å². The van der Waals surface area contributed by atoms with E-state index < -0.39 is 17.8 Å². The van der Waals surface area contributed by atoms with Crippen molar-refractivity contribution in [1.29, 1.82) is 5.26 Å². The molecule has 0 aliphatic rings. The molecule has 1 N–H and O–H groups in total. The first-order chi connectivity index (χ1) is 15.3. The van der Waals surface area contributed by atoms with Crippen molar-refractivity contribution < 1.29 is 22.7 Å². The van der Waals surface area contributed by atoms with Gasteiger partial charge in [0.2, 0.25) is 0 Å². The quantitative estimate of drug-likeness (QED) is 0.506. The third-order valence-electron chi connectivity index (χ3n) is 4.61. The number of alkyl halides is 3. The SMILES string of the molecule is COc1ccc(-c2cc(C(F)(F)F)n3nc(C(=O)Nc4ccc(C#N)cc4)cc3n2)cc1. The molecule has 2 heterocycles. The number of hydrogen-bond acceptors (Lipinski definition) is 5. The molecule has 4 aromatic rings. The van der Waals surface area contributed by atoms with Crippen LogP contribution in [0.1, 0.15) is 21.7 Å². The van der Waals surface area contributed by atoms with Crippen LogP contribution in [0.25, 0.3) is 16.9 Å². The van der Waals surface area contributed by atoms with Gasteiger partial charge < -0.3 is 10.1 Å². The fourth-order valence-electron chi connectivity index (χ4n) is 3.02. The Labute approximate surface area is 179 Å². The number of aromatic nitrogens is 3. The normalized spacial score (nSPS) is 11.2. The molecule has 10 heteroatoms. The van der Waals surface area contributed by atoms with Gasteiger partial charge in [-0.15, -0.1) is 0 Å². The minimum absolute atomic E-state index is 0.0754. The third-order valence-corrected chi connectivity index (χ3v) is 4.61. The summed E-state index contributed by atoms with van der Waals surface area (Å²) in [5.41, 5.74) is -0.134. The molecule has 2 aromatic heterocycles. The topological polar surface area (TPSA) is 92.3 Å². The van der Waals surface area contributed by atoms with Gasteiger partial charge in [0.15, 0.2) is 17.0 Å². The van der Waals surface area contributed by atoms with E-state index >= 15 is 0 Å². The second kappa shape index (κ2) is 8.03. The molecule has 0 spiro atoms. The monoisotopic (exact) mass is 437 g/mol. The molecule has 160 valence electrons. The molecule has 0 radical (unpaired) electrons. The molecule has 0 saturated heterocycles. The maximum Gasteiger partial charge on any atom is 0.433 e. The van der Waals surface area contributed by atoms with E-state index in [0.29, 0.717) is 27.1 Å². The van der Waals surface area contributed by atoms with Gasteiger partial charge in [-0.1, -0.05) is 0 Å². The maximum absolute atomic E-state index is 13.7. The number of anilines is 1. The van der Waals surface area contributed by atoms with Gasteiger partial charge in [-0.2, -0.15) is 23.5 Å². The average molecular weight is 437 g/mol. The number of benzene rings is 2. The molecule has 0 atom stereocenters. The number of nitrogens with zero attached hydrogens (tertiary/aromatic N) is 4. The van der Waals surface area contributed by atoms with Crippen molar-refractivity contribution in [2.45, 2.75) is 6.18 Å². The first-order valence-corrected chi connectivity index (χ1v) is 9.22. The van der Waals surface area contributed by atoms with Gasteiger partial charge in [0, 0.05) is 17.3 Å². The standard InChI is InChI=1S/C22H14F3N5O2/c1-32-16-8-4-14(5-9-16)17-10-19(22(23,24)25)30-20(28-17)11-18(29-30)21(31)27-15-6-2-13(12-26)3-7-15/h2-11H,1H3,(H,27,31). The summed E-state index contributed by atoms with van der Waals surface area (Å²) in [6.07, 6.45) is -4.73. The zero-order valence-corrected chi connectivity index (χ0v) is 16.5. The second-order valence-corrected chi connectivity index (χ2v) is 6.70. The highest BCUT2D eigenvalue weighted by Crippen LogP contribution is 2.32. The van der Waals surface area contributed by atoms with E-state index in [9.17, 15) is 18.0 Å². The zero-order valence-electron chi connectivity index (χ0n) is 16.5. The molecule has 0 unspecified atom stereocenters. The number of halogens is 3. The predicted octanol–water partition coefficient (Wildman–Crippen LogP) is 4.55. The smallest absolute Gasteiger partial charge is 0.433 e. The molecule has 0 aliphatic heterocycles. The molecular weight excluding hydrogens is 423 g/mol. The number of rotatable bonds is 4. The summed E-state index contributed by atoms with van der Waals surface area (Å²) < 4.78 is 46.8. The van der Waals surface area contributed by atoms with Crippen molar-refractivity contribution in [3.63, 3.8) is 0 Å². The first kappa shape index (κ1) is 20.9. The van der Waals surface area contributed by atoms with Crippen LogP contribution in [-0.2, 0) is 6.18 Å². The molecule has 0 aliphatic carbocycles. The van der Waals surface area contributed by atoms with E-state index in [1.165, 1.54) is 37.4 Å². The minimum Gasteiger partial charge on any atom is -0.497 e. The first-order valence-electron chi connectivity index (χ1n) is 9.22. The van der Waals surface area contributed by atoms with Gasteiger partial charge in [0.25, 0.3) is 5.91 Å². The molecule has 4 rings (SSSR count). The van der Waals surface area contributed by atoms with Gasteiger partial charge >= 0.3 is 6.18 Å². The Morgan fingerprint density at radius 2 is 1.78 bits per heavy atom. The van der Waals surface area contributed by atoms with Crippen LogP contribution in [0.15, 0.2) is 60.7 Å². The molecule has 7 nitrogen and oxygen atoms in total. The summed E-state index contributed by atoms with van der Waals surface area (Å²) in [6, 6.07) is 16.4. The van der Waals surface area contributed by atoms with Crippen LogP contribution in [-0.4, -0.2) is 27.6 Å². The Morgan fingerprint density at radius 1 is 1.09 bits per heavy atom. The molecule has 1 amide bonds. The van der Waals surface area contributed by atoms with Crippen molar-refractivity contribution >= 4 is 17.2 Å². The van der Waals surface area contributed by atoms with E-state index in [-0.39, 0.29) is 17.0 Å². The number of carbonyl (C=O) groups excluding carboxylic acids is 1. The van der Waals surface area contributed by atoms with Crippen LogP contribution < -0.4 is 10.1 Å². The number of fused-ring (bicyclic) bond motifs is 1. The highest BCUT2D eigenvalue weighted by atomic mass is 19.4. The maximum atomic E-state index is 13.7. The van der Waals surface area contributed by atoms with Gasteiger partial charge in [-0.25, -0.2) is 9.50 Å². The molecule has 32 heavy (non-hydrogen) atoms. The summed E-state index contributed by atoms with van der Waals surface area (Å²) in [5.74, 6) is -0.156. The fraction of sp³-hybridized carbons (Fsp3) is 0.0909. The van der Waals surface area contributed by atoms with E-state index in [1.54, 1.807) is 24.3 Å². The van der Waals surface area contributed by atoms with Crippen molar-refractivity contribution in [3.8, 4) is 23.1 Å². The van der Waals surface area contributed by atoms with Crippen LogP contribution in [0.2, 0.25) is 0 Å². The van der Waals surface area contributed by atoms with Gasteiger partial charge in [0.05, 0.1) is 24.4 Å². The number of carbonyl (C=O) groups is 1. The van der Waals surface area contributed by atoms with Gasteiger partial charge in [0.1, 0.15) is 5.75 Å². The Morgan fingerprint density at radius 3 is 2.38 bits per heavy atom. The van der Waals surface area contributed by atoms with Crippen molar-refractivity contribution in [3.05, 3.63) is 77.6 Å². The van der Waals surface area contributed by atoms with Crippen molar-refractivity contribution in [2.24, 2.45) is 0 Å². The molecular formula is C22H14F3N5O2. The van der Waals surface area contributed by atoms with Crippen molar-refractivity contribution in [2.75, 3.05) is 12.4 Å². The zero-order chi connectivity index (χ0) is 22.9. The second-order valence-electron chi connectivity index (χ2n) is 6.70. The fourth-order valence-corrected chi connectivity index (χ4v) is 3.02. The number of hydrogen-bond donors (Lipinski definition) is 1.